The first-order valence-corrected chi connectivity index (χ1v) is 7.73. The molecule has 1 aromatic carbocycles. The molecule has 0 aliphatic heterocycles. The normalized spacial score (nSPS) is 13.0. The van der Waals surface area contributed by atoms with Crippen LogP contribution in [0.25, 0.3) is 0 Å². The van der Waals surface area contributed by atoms with E-state index < -0.39 is 22.0 Å². The molecule has 112 valence electrons. The van der Waals surface area contributed by atoms with E-state index >= 15 is 0 Å². The van der Waals surface area contributed by atoms with Crippen molar-refractivity contribution in [1.82, 2.24) is 4.72 Å². The monoisotopic (exact) mass is 309 g/mol. The molecule has 0 spiro atoms. The summed E-state index contributed by atoms with van der Waals surface area (Å²) >= 11 is 0. The van der Waals surface area contributed by atoms with Crippen LogP contribution in [0.1, 0.15) is 24.3 Å². The molecule has 1 heterocycles. The molecule has 0 aliphatic rings. The van der Waals surface area contributed by atoms with Gasteiger partial charge < -0.3 is 9.52 Å². The molecule has 2 rings (SSSR count). The van der Waals surface area contributed by atoms with E-state index in [1.54, 1.807) is 19.1 Å². The fraction of sp³-hybridized carbons (Fsp3) is 0.214. The molecule has 1 atom stereocenters. The number of sulfonamides is 1. The molecule has 6 nitrogen and oxygen atoms in total. The number of furan rings is 1. The van der Waals surface area contributed by atoms with E-state index in [0.29, 0.717) is 11.3 Å². The topological polar surface area (TPSA) is 96.6 Å². The van der Waals surface area contributed by atoms with Crippen LogP contribution in [-0.2, 0) is 21.2 Å². The van der Waals surface area contributed by atoms with Crippen LogP contribution >= 0.6 is 0 Å². The Labute approximate surface area is 122 Å². The molecule has 2 N–H and O–H groups in total. The first-order chi connectivity index (χ1) is 9.88. The van der Waals surface area contributed by atoms with Crippen molar-refractivity contribution in [3.63, 3.8) is 0 Å². The molecule has 0 unspecified atom stereocenters. The Balaban J connectivity index is 2.14. The van der Waals surface area contributed by atoms with E-state index in [0.717, 1.165) is 0 Å². The molecule has 21 heavy (non-hydrogen) atoms. The Bertz CT molecular complexity index is 704. The van der Waals surface area contributed by atoms with Gasteiger partial charge in [-0.25, -0.2) is 13.1 Å². The summed E-state index contributed by atoms with van der Waals surface area (Å²) in [5, 5.41) is 8.68. The van der Waals surface area contributed by atoms with Crippen LogP contribution in [0.5, 0.6) is 0 Å². The van der Waals surface area contributed by atoms with Crippen molar-refractivity contribution < 1.29 is 22.7 Å². The summed E-state index contributed by atoms with van der Waals surface area (Å²) < 4.78 is 32.0. The molecular formula is C14H15NO5S. The van der Waals surface area contributed by atoms with E-state index in [4.69, 9.17) is 9.52 Å². The molecule has 0 bridgehead atoms. The van der Waals surface area contributed by atoms with Crippen LogP contribution in [0.2, 0.25) is 0 Å². The van der Waals surface area contributed by atoms with E-state index in [1.165, 1.54) is 30.5 Å². The number of aliphatic carboxylic acids is 1. The maximum Gasteiger partial charge on any atom is 0.307 e. The fourth-order valence-corrected chi connectivity index (χ4v) is 3.07. The molecular weight excluding hydrogens is 294 g/mol. The summed E-state index contributed by atoms with van der Waals surface area (Å²) in [6, 6.07) is 8.61. The van der Waals surface area contributed by atoms with Crippen LogP contribution in [0.3, 0.4) is 0 Å². The van der Waals surface area contributed by atoms with Crippen molar-refractivity contribution in [2.45, 2.75) is 24.3 Å². The number of carboxylic acids is 1. The first kappa shape index (κ1) is 15.3. The van der Waals surface area contributed by atoms with E-state index in [9.17, 15) is 13.2 Å². The Morgan fingerprint density at radius 1 is 1.29 bits per heavy atom. The lowest BCUT2D eigenvalue weighted by molar-refractivity contribution is -0.136. The van der Waals surface area contributed by atoms with Gasteiger partial charge in [0.15, 0.2) is 0 Å². The number of nitrogens with one attached hydrogen (secondary N) is 1. The van der Waals surface area contributed by atoms with E-state index in [-0.39, 0.29) is 11.3 Å². The van der Waals surface area contributed by atoms with Crippen LogP contribution < -0.4 is 4.72 Å². The summed E-state index contributed by atoms with van der Waals surface area (Å²) in [5.74, 6) is -0.448. The third kappa shape index (κ3) is 3.93. The van der Waals surface area contributed by atoms with Gasteiger partial charge in [-0.1, -0.05) is 12.1 Å². The number of hydrogen-bond donors (Lipinski definition) is 2. The van der Waals surface area contributed by atoms with Crippen LogP contribution in [0.4, 0.5) is 0 Å². The quantitative estimate of drug-likeness (QED) is 0.850. The zero-order valence-corrected chi connectivity index (χ0v) is 12.1. The van der Waals surface area contributed by atoms with Gasteiger partial charge >= 0.3 is 5.97 Å². The lowest BCUT2D eigenvalue weighted by atomic mass is 10.2. The first-order valence-electron chi connectivity index (χ1n) is 6.25. The van der Waals surface area contributed by atoms with E-state index in [2.05, 4.69) is 4.72 Å². The maximum absolute atomic E-state index is 12.2. The Morgan fingerprint density at radius 2 is 1.95 bits per heavy atom. The molecule has 7 heteroatoms. The van der Waals surface area contributed by atoms with Gasteiger partial charge in [0.05, 0.1) is 23.6 Å². The zero-order valence-electron chi connectivity index (χ0n) is 11.3. The van der Waals surface area contributed by atoms with Crippen LogP contribution in [0.15, 0.2) is 52.0 Å². The fourth-order valence-electron chi connectivity index (χ4n) is 1.86. The molecule has 1 aromatic heterocycles. The summed E-state index contributed by atoms with van der Waals surface area (Å²) in [4.78, 5) is 10.7. The average molecular weight is 309 g/mol. The largest absolute Gasteiger partial charge is 0.481 e. The van der Waals surface area contributed by atoms with Crippen molar-refractivity contribution in [2.75, 3.05) is 0 Å². The van der Waals surface area contributed by atoms with Crippen LogP contribution in [-0.4, -0.2) is 19.5 Å². The lowest BCUT2D eigenvalue weighted by Gasteiger charge is -2.12. The van der Waals surface area contributed by atoms with Gasteiger partial charge in [0.25, 0.3) is 0 Å². The van der Waals surface area contributed by atoms with Gasteiger partial charge in [-0.2, -0.15) is 0 Å². The number of hydrogen-bond acceptors (Lipinski definition) is 4. The second-order valence-corrected chi connectivity index (χ2v) is 6.29. The highest BCUT2D eigenvalue weighted by Crippen LogP contribution is 2.17. The molecule has 0 radical (unpaired) electrons. The minimum atomic E-state index is -3.69. The van der Waals surface area contributed by atoms with Gasteiger partial charge in [-0.15, -0.1) is 0 Å². The van der Waals surface area contributed by atoms with Crippen LogP contribution in [0, 0.1) is 0 Å². The summed E-state index contributed by atoms with van der Waals surface area (Å²) in [7, 11) is -3.69. The molecule has 2 aromatic rings. The number of carboxylic acid groups (broad SMARTS) is 1. The van der Waals surface area contributed by atoms with Gasteiger partial charge in [0.2, 0.25) is 10.0 Å². The van der Waals surface area contributed by atoms with Gasteiger partial charge in [0.1, 0.15) is 5.76 Å². The van der Waals surface area contributed by atoms with Crippen molar-refractivity contribution in [3.05, 3.63) is 54.0 Å². The number of carbonyl (C=O) groups is 1. The van der Waals surface area contributed by atoms with Crippen molar-refractivity contribution in [3.8, 4) is 0 Å². The molecule has 0 saturated carbocycles. The Kier molecular flexibility index (Phi) is 4.44. The molecule has 0 aliphatic carbocycles. The highest BCUT2D eigenvalue weighted by Gasteiger charge is 2.19. The lowest BCUT2D eigenvalue weighted by Crippen LogP contribution is -2.26. The minimum absolute atomic E-state index is 0.0787. The highest BCUT2D eigenvalue weighted by molar-refractivity contribution is 7.89. The Morgan fingerprint density at radius 3 is 2.48 bits per heavy atom. The Hall–Kier alpha value is -2.12. The third-order valence-electron chi connectivity index (χ3n) is 2.89. The second-order valence-electron chi connectivity index (χ2n) is 4.57. The van der Waals surface area contributed by atoms with Gasteiger partial charge in [-0.05, 0) is 36.8 Å². The van der Waals surface area contributed by atoms with Crippen molar-refractivity contribution in [1.29, 1.82) is 0 Å². The number of benzene rings is 1. The maximum atomic E-state index is 12.2. The van der Waals surface area contributed by atoms with E-state index in [1.807, 2.05) is 0 Å². The van der Waals surface area contributed by atoms with Gasteiger partial charge in [0, 0.05) is 0 Å². The highest BCUT2D eigenvalue weighted by atomic mass is 32.2. The summed E-state index contributed by atoms with van der Waals surface area (Å²) in [6.07, 6.45) is 1.33. The molecule has 0 saturated heterocycles. The average Bonchev–Trinajstić information content (AvgIpc) is 2.92. The summed E-state index contributed by atoms with van der Waals surface area (Å²) in [5.41, 5.74) is 0.542. The second kappa shape index (κ2) is 6.11. The SMILES string of the molecule is C[C@H](NS(=O)(=O)c1ccc(CC(=O)O)cc1)c1ccco1. The molecule has 0 fully saturated rings. The van der Waals surface area contributed by atoms with Gasteiger partial charge in [-0.3, -0.25) is 4.79 Å². The molecule has 0 amide bonds. The number of rotatable bonds is 6. The standard InChI is InChI=1S/C14H15NO5S/c1-10(13-3-2-8-20-13)15-21(18,19)12-6-4-11(5-7-12)9-14(16)17/h2-8,10,15H,9H2,1H3,(H,16,17)/t10-/m0/s1. The predicted molar refractivity (Wildman–Crippen MR) is 75.2 cm³/mol. The third-order valence-corrected chi connectivity index (χ3v) is 4.45. The smallest absolute Gasteiger partial charge is 0.307 e. The summed E-state index contributed by atoms with van der Waals surface area (Å²) in [6.45, 7) is 1.68. The predicted octanol–water partition coefficient (Wildman–Crippen LogP) is 1.95. The van der Waals surface area contributed by atoms with Crippen molar-refractivity contribution >= 4 is 16.0 Å². The zero-order chi connectivity index (χ0) is 15.5. The minimum Gasteiger partial charge on any atom is -0.481 e. The van der Waals surface area contributed by atoms with Crippen molar-refractivity contribution in [2.24, 2.45) is 0 Å².